The van der Waals surface area contributed by atoms with Crippen LogP contribution in [0.4, 0.5) is 4.39 Å². The molecule has 32 heavy (non-hydrogen) atoms. The van der Waals surface area contributed by atoms with E-state index in [9.17, 15) is 26.0 Å². The number of rotatable bonds is 7. The first-order chi connectivity index (χ1) is 15.0. The number of hydrogen-bond acceptors (Lipinski definition) is 6. The smallest absolute Gasteiger partial charge is 0.244 e. The third-order valence-corrected chi connectivity index (χ3v) is 8.52. The molecule has 1 fully saturated rings. The van der Waals surface area contributed by atoms with Crippen molar-refractivity contribution in [3.8, 4) is 0 Å². The topological polar surface area (TPSA) is 117 Å². The third kappa shape index (κ3) is 5.14. The van der Waals surface area contributed by atoms with Gasteiger partial charge in [-0.15, -0.1) is 0 Å². The molecule has 1 aliphatic rings. The van der Waals surface area contributed by atoms with Gasteiger partial charge in [0.05, 0.1) is 0 Å². The fraction of sp³-hybridized carbons (Fsp3) is 0.400. The first kappa shape index (κ1) is 24.2. The van der Waals surface area contributed by atoms with Gasteiger partial charge in [0.25, 0.3) is 0 Å². The number of amides is 1. The monoisotopic (exact) mass is 484 g/mol. The molecule has 1 saturated heterocycles. The van der Waals surface area contributed by atoms with E-state index in [2.05, 4.69) is 9.71 Å². The summed E-state index contributed by atoms with van der Waals surface area (Å²) in [4.78, 5) is 17.9. The van der Waals surface area contributed by atoms with Crippen LogP contribution >= 0.6 is 0 Å². The van der Waals surface area contributed by atoms with E-state index >= 15 is 0 Å². The highest BCUT2D eigenvalue weighted by molar-refractivity contribution is 7.89. The Kier molecular flexibility index (Phi) is 7.28. The summed E-state index contributed by atoms with van der Waals surface area (Å²) in [5.41, 5.74) is 0. The molecule has 0 aliphatic carbocycles. The molecule has 1 aliphatic heterocycles. The lowest BCUT2D eigenvalue weighted by Crippen LogP contribution is -2.57. The number of piperazine rings is 1. The van der Waals surface area contributed by atoms with Crippen molar-refractivity contribution in [2.45, 2.75) is 29.7 Å². The van der Waals surface area contributed by atoms with Crippen molar-refractivity contribution in [2.75, 3.05) is 26.2 Å². The van der Waals surface area contributed by atoms with E-state index in [-0.39, 0.29) is 31.1 Å². The maximum atomic E-state index is 14.0. The number of sulfonamides is 2. The molecule has 1 N–H and O–H groups in total. The van der Waals surface area contributed by atoms with Crippen molar-refractivity contribution in [1.82, 2.24) is 18.9 Å². The molecular formula is C20H25FN4O5S2. The van der Waals surface area contributed by atoms with Crippen molar-refractivity contribution >= 4 is 26.0 Å². The lowest BCUT2D eigenvalue weighted by atomic mass is 10.0. The molecular weight excluding hydrogens is 459 g/mol. The summed E-state index contributed by atoms with van der Waals surface area (Å²) in [5.74, 6) is -1.82. The summed E-state index contributed by atoms with van der Waals surface area (Å²) >= 11 is 0. The van der Waals surface area contributed by atoms with Gasteiger partial charge >= 0.3 is 0 Å². The van der Waals surface area contributed by atoms with Crippen LogP contribution in [-0.2, 0) is 24.8 Å². The van der Waals surface area contributed by atoms with Crippen molar-refractivity contribution < 1.29 is 26.0 Å². The second-order valence-electron chi connectivity index (χ2n) is 7.69. The second-order valence-corrected chi connectivity index (χ2v) is 11.3. The maximum Gasteiger partial charge on any atom is 0.244 e. The van der Waals surface area contributed by atoms with Crippen LogP contribution < -0.4 is 4.72 Å². The van der Waals surface area contributed by atoms with E-state index in [0.29, 0.717) is 0 Å². The van der Waals surface area contributed by atoms with Crippen LogP contribution in [0.5, 0.6) is 0 Å². The fourth-order valence-electron chi connectivity index (χ4n) is 3.36. The van der Waals surface area contributed by atoms with Crippen LogP contribution in [-0.4, -0.2) is 69.2 Å². The maximum absolute atomic E-state index is 14.0. The molecule has 1 atom stereocenters. The zero-order valence-electron chi connectivity index (χ0n) is 17.7. The number of hydrogen-bond donors (Lipinski definition) is 1. The molecule has 9 nitrogen and oxygen atoms in total. The minimum atomic E-state index is -4.27. The Balaban J connectivity index is 1.71. The fourth-order valence-corrected chi connectivity index (χ4v) is 6.16. The number of carbonyl (C=O) groups excluding carboxylic acids is 1. The Labute approximate surface area is 187 Å². The number of halogens is 1. The molecule has 0 radical (unpaired) electrons. The second kappa shape index (κ2) is 9.61. The standard InChI is InChI=1S/C20H25FN4O5S2/c1-15(2)19(23-31(27,28)18-8-4-3-7-17(18)21)20(26)24-10-12-25(13-11-24)32(29,30)16-6-5-9-22-14-16/h3-9,14-15,19,23H,10-13H2,1-2H3/t19-/m0/s1. The van der Waals surface area contributed by atoms with E-state index in [1.807, 2.05) is 0 Å². The van der Waals surface area contributed by atoms with Crippen molar-refractivity contribution in [2.24, 2.45) is 5.92 Å². The quantitative estimate of drug-likeness (QED) is 0.628. The Morgan fingerprint density at radius 3 is 2.25 bits per heavy atom. The molecule has 0 unspecified atom stereocenters. The van der Waals surface area contributed by atoms with E-state index in [1.54, 1.807) is 13.8 Å². The van der Waals surface area contributed by atoms with E-state index in [4.69, 9.17) is 0 Å². The van der Waals surface area contributed by atoms with Crippen LogP contribution in [0.1, 0.15) is 13.8 Å². The first-order valence-corrected chi connectivity index (χ1v) is 12.9. The molecule has 1 aromatic carbocycles. The van der Waals surface area contributed by atoms with Crippen LogP contribution in [0.3, 0.4) is 0 Å². The molecule has 3 rings (SSSR count). The third-order valence-electron chi connectivity index (χ3n) is 5.16. The number of pyridine rings is 1. The summed E-state index contributed by atoms with van der Waals surface area (Å²) in [6.45, 7) is 3.68. The van der Waals surface area contributed by atoms with Gasteiger partial charge in [0.2, 0.25) is 26.0 Å². The van der Waals surface area contributed by atoms with Gasteiger partial charge < -0.3 is 4.90 Å². The van der Waals surface area contributed by atoms with Crippen LogP contribution in [0.15, 0.2) is 58.6 Å². The molecule has 2 heterocycles. The number of carbonyl (C=O) groups is 1. The summed E-state index contributed by atoms with van der Waals surface area (Å²) in [6, 6.07) is 6.78. The zero-order chi connectivity index (χ0) is 23.5. The average molecular weight is 485 g/mol. The molecule has 2 aromatic rings. The minimum absolute atomic E-state index is 0.0633. The predicted molar refractivity (Wildman–Crippen MR) is 115 cm³/mol. The molecule has 1 aromatic heterocycles. The van der Waals surface area contributed by atoms with Gasteiger partial charge in [0, 0.05) is 38.6 Å². The summed E-state index contributed by atoms with van der Waals surface area (Å²) in [5, 5.41) is 0. The van der Waals surface area contributed by atoms with Crippen LogP contribution in [0, 0.1) is 11.7 Å². The number of aromatic nitrogens is 1. The largest absolute Gasteiger partial charge is 0.339 e. The average Bonchev–Trinajstić information content (AvgIpc) is 2.78. The van der Waals surface area contributed by atoms with Gasteiger partial charge in [0.1, 0.15) is 21.7 Å². The molecule has 12 heteroatoms. The van der Waals surface area contributed by atoms with Gasteiger partial charge in [-0.1, -0.05) is 26.0 Å². The highest BCUT2D eigenvalue weighted by Crippen LogP contribution is 2.19. The van der Waals surface area contributed by atoms with Gasteiger partial charge in [0.15, 0.2) is 0 Å². The zero-order valence-corrected chi connectivity index (χ0v) is 19.3. The van der Waals surface area contributed by atoms with Crippen molar-refractivity contribution in [1.29, 1.82) is 0 Å². The Morgan fingerprint density at radius 1 is 1.03 bits per heavy atom. The molecule has 0 bridgehead atoms. The van der Waals surface area contributed by atoms with Crippen LogP contribution in [0.25, 0.3) is 0 Å². The Hall–Kier alpha value is -2.41. The molecule has 0 spiro atoms. The Morgan fingerprint density at radius 2 is 1.69 bits per heavy atom. The lowest BCUT2D eigenvalue weighted by Gasteiger charge is -2.36. The Bertz CT molecular complexity index is 1170. The summed E-state index contributed by atoms with van der Waals surface area (Å²) < 4.78 is 68.4. The molecule has 174 valence electrons. The van der Waals surface area contributed by atoms with Gasteiger partial charge in [-0.3, -0.25) is 9.78 Å². The highest BCUT2D eigenvalue weighted by atomic mass is 32.2. The number of nitrogens with one attached hydrogen (secondary N) is 1. The first-order valence-electron chi connectivity index (χ1n) is 10.00. The van der Waals surface area contributed by atoms with Gasteiger partial charge in [-0.05, 0) is 30.2 Å². The minimum Gasteiger partial charge on any atom is -0.339 e. The SMILES string of the molecule is CC(C)[C@H](NS(=O)(=O)c1ccccc1F)C(=O)N1CCN(S(=O)(=O)c2cccnc2)CC1. The number of nitrogens with zero attached hydrogens (tertiary/aromatic N) is 3. The summed E-state index contributed by atoms with van der Waals surface area (Å²) in [6.07, 6.45) is 2.74. The van der Waals surface area contributed by atoms with Gasteiger partial charge in [-0.2, -0.15) is 9.03 Å². The van der Waals surface area contributed by atoms with Crippen molar-refractivity contribution in [3.05, 3.63) is 54.6 Å². The normalized spacial score (nSPS) is 16.8. The van der Waals surface area contributed by atoms with E-state index in [0.717, 1.165) is 12.1 Å². The lowest BCUT2D eigenvalue weighted by molar-refractivity contribution is -0.135. The molecule has 1 amide bonds. The van der Waals surface area contributed by atoms with E-state index < -0.39 is 48.6 Å². The van der Waals surface area contributed by atoms with E-state index in [1.165, 1.54) is 45.9 Å². The number of benzene rings is 1. The highest BCUT2D eigenvalue weighted by Gasteiger charge is 2.36. The molecule has 0 saturated carbocycles. The predicted octanol–water partition coefficient (Wildman–Crippen LogP) is 1.06. The summed E-state index contributed by atoms with van der Waals surface area (Å²) in [7, 11) is -8.01. The van der Waals surface area contributed by atoms with Crippen molar-refractivity contribution in [3.63, 3.8) is 0 Å². The van der Waals surface area contributed by atoms with Gasteiger partial charge in [-0.25, -0.2) is 21.2 Å². The van der Waals surface area contributed by atoms with Crippen LogP contribution in [0.2, 0.25) is 0 Å².